The van der Waals surface area contributed by atoms with Crippen LogP contribution in [0.4, 0.5) is 10.1 Å². The van der Waals surface area contributed by atoms with E-state index in [1.165, 1.54) is 6.07 Å². The van der Waals surface area contributed by atoms with Gasteiger partial charge in [0.05, 0.1) is 12.1 Å². The summed E-state index contributed by atoms with van der Waals surface area (Å²) in [5.41, 5.74) is 3.25. The van der Waals surface area contributed by atoms with E-state index in [1.807, 2.05) is 12.3 Å². The summed E-state index contributed by atoms with van der Waals surface area (Å²) in [5.74, 6) is -0.177. The second kappa shape index (κ2) is 4.40. The van der Waals surface area contributed by atoms with Gasteiger partial charge in [0.25, 0.3) is 0 Å². The summed E-state index contributed by atoms with van der Waals surface area (Å²) in [6, 6.07) is 5.15. The van der Waals surface area contributed by atoms with Crippen molar-refractivity contribution in [2.75, 3.05) is 5.32 Å². The van der Waals surface area contributed by atoms with Gasteiger partial charge in [-0.05, 0) is 24.6 Å². The van der Waals surface area contributed by atoms with E-state index in [-0.39, 0.29) is 5.82 Å². The standard InChI is InChI=1S/C11H11FN2S/c1-8-2-3-9(4-11(8)12)14-6-10-5-13-7-15-10/h2-5,7,14H,6H2,1H3. The zero-order valence-corrected chi connectivity index (χ0v) is 9.14. The summed E-state index contributed by atoms with van der Waals surface area (Å²) < 4.78 is 13.2. The fraction of sp³-hybridized carbons (Fsp3) is 0.182. The highest BCUT2D eigenvalue weighted by Crippen LogP contribution is 2.15. The van der Waals surface area contributed by atoms with Crippen LogP contribution in [0.25, 0.3) is 0 Å². The molecule has 0 unspecified atom stereocenters. The van der Waals surface area contributed by atoms with Gasteiger partial charge < -0.3 is 5.32 Å². The van der Waals surface area contributed by atoms with Crippen molar-refractivity contribution >= 4 is 17.0 Å². The molecule has 0 bridgehead atoms. The summed E-state index contributed by atoms with van der Waals surface area (Å²) in [6.45, 7) is 2.44. The van der Waals surface area contributed by atoms with Gasteiger partial charge in [-0.25, -0.2) is 4.39 Å². The van der Waals surface area contributed by atoms with Gasteiger partial charge in [0.2, 0.25) is 0 Å². The number of benzene rings is 1. The molecule has 1 aromatic carbocycles. The topological polar surface area (TPSA) is 24.9 Å². The lowest BCUT2D eigenvalue weighted by Gasteiger charge is -2.05. The SMILES string of the molecule is Cc1ccc(NCc2cncs2)cc1F. The summed E-state index contributed by atoms with van der Waals surface area (Å²) in [5, 5.41) is 3.15. The molecule has 0 aliphatic carbocycles. The van der Waals surface area contributed by atoms with Crippen molar-refractivity contribution in [3.8, 4) is 0 Å². The van der Waals surface area contributed by atoms with Gasteiger partial charge >= 0.3 is 0 Å². The third-order valence-corrected chi connectivity index (χ3v) is 2.90. The lowest BCUT2D eigenvalue weighted by Crippen LogP contribution is -1.98. The molecule has 1 N–H and O–H groups in total. The van der Waals surface area contributed by atoms with E-state index < -0.39 is 0 Å². The first-order valence-corrected chi connectivity index (χ1v) is 5.51. The zero-order valence-electron chi connectivity index (χ0n) is 8.33. The number of thiazole rings is 1. The number of aromatic nitrogens is 1. The molecule has 0 spiro atoms. The molecule has 4 heteroatoms. The number of nitrogens with zero attached hydrogens (tertiary/aromatic N) is 1. The second-order valence-corrected chi connectivity index (χ2v) is 4.26. The summed E-state index contributed by atoms with van der Waals surface area (Å²) in [4.78, 5) is 5.11. The third kappa shape index (κ3) is 2.53. The number of nitrogens with one attached hydrogen (secondary N) is 1. The number of hydrogen-bond acceptors (Lipinski definition) is 3. The van der Waals surface area contributed by atoms with Crippen molar-refractivity contribution in [3.63, 3.8) is 0 Å². The number of aryl methyl sites for hydroxylation is 1. The minimum absolute atomic E-state index is 0.177. The monoisotopic (exact) mass is 222 g/mol. The Labute approximate surface area is 91.8 Å². The van der Waals surface area contributed by atoms with Crippen LogP contribution in [-0.4, -0.2) is 4.98 Å². The van der Waals surface area contributed by atoms with Crippen LogP contribution in [0.5, 0.6) is 0 Å². The number of halogens is 1. The molecule has 0 saturated carbocycles. The average Bonchev–Trinajstić information content (AvgIpc) is 2.73. The number of anilines is 1. The second-order valence-electron chi connectivity index (χ2n) is 3.29. The summed E-state index contributed by atoms with van der Waals surface area (Å²) >= 11 is 1.58. The van der Waals surface area contributed by atoms with E-state index in [4.69, 9.17) is 0 Å². The molecule has 78 valence electrons. The van der Waals surface area contributed by atoms with Crippen LogP contribution in [0, 0.1) is 12.7 Å². The summed E-state index contributed by atoms with van der Waals surface area (Å²) in [6.07, 6.45) is 1.81. The van der Waals surface area contributed by atoms with Crippen molar-refractivity contribution in [1.29, 1.82) is 0 Å². The van der Waals surface area contributed by atoms with E-state index in [1.54, 1.807) is 29.8 Å². The maximum Gasteiger partial charge on any atom is 0.128 e. The van der Waals surface area contributed by atoms with Gasteiger partial charge in [-0.2, -0.15) is 0 Å². The van der Waals surface area contributed by atoms with Crippen molar-refractivity contribution in [2.24, 2.45) is 0 Å². The van der Waals surface area contributed by atoms with Gasteiger partial charge in [0.15, 0.2) is 0 Å². The molecule has 0 saturated heterocycles. The lowest BCUT2D eigenvalue weighted by molar-refractivity contribution is 0.619. The predicted octanol–water partition coefficient (Wildman–Crippen LogP) is 3.20. The van der Waals surface area contributed by atoms with E-state index in [9.17, 15) is 4.39 Å². The Kier molecular flexibility index (Phi) is 2.97. The molecular weight excluding hydrogens is 211 g/mol. The molecule has 1 heterocycles. The van der Waals surface area contributed by atoms with Crippen LogP contribution in [-0.2, 0) is 6.54 Å². The molecule has 15 heavy (non-hydrogen) atoms. The first kappa shape index (κ1) is 10.1. The van der Waals surface area contributed by atoms with Crippen molar-refractivity contribution < 1.29 is 4.39 Å². The van der Waals surface area contributed by atoms with Crippen molar-refractivity contribution in [1.82, 2.24) is 4.98 Å². The maximum absolute atomic E-state index is 13.2. The van der Waals surface area contributed by atoms with Gasteiger partial charge in [0.1, 0.15) is 5.82 Å². The summed E-state index contributed by atoms with van der Waals surface area (Å²) in [7, 11) is 0. The maximum atomic E-state index is 13.2. The van der Waals surface area contributed by atoms with Gasteiger partial charge in [0, 0.05) is 16.8 Å². The highest BCUT2D eigenvalue weighted by Gasteiger charge is 1.99. The highest BCUT2D eigenvalue weighted by molar-refractivity contribution is 7.09. The molecule has 0 aliphatic heterocycles. The minimum Gasteiger partial charge on any atom is -0.380 e. The molecule has 2 nitrogen and oxygen atoms in total. The number of hydrogen-bond donors (Lipinski definition) is 1. The third-order valence-electron chi connectivity index (χ3n) is 2.12. The fourth-order valence-corrected chi connectivity index (χ4v) is 1.76. The lowest BCUT2D eigenvalue weighted by atomic mass is 10.2. The predicted molar refractivity (Wildman–Crippen MR) is 60.6 cm³/mol. The van der Waals surface area contributed by atoms with Gasteiger partial charge in [-0.1, -0.05) is 6.07 Å². The molecule has 0 aliphatic rings. The zero-order chi connectivity index (χ0) is 10.7. The molecule has 0 fully saturated rings. The molecular formula is C11H11FN2S. The van der Waals surface area contributed by atoms with Crippen molar-refractivity contribution in [2.45, 2.75) is 13.5 Å². The quantitative estimate of drug-likeness (QED) is 0.862. The van der Waals surface area contributed by atoms with Crippen molar-refractivity contribution in [3.05, 3.63) is 46.2 Å². The molecule has 0 atom stereocenters. The average molecular weight is 222 g/mol. The Morgan fingerprint density at radius 1 is 1.47 bits per heavy atom. The van der Waals surface area contributed by atoms with Crippen LogP contribution >= 0.6 is 11.3 Å². The molecule has 1 aromatic heterocycles. The Morgan fingerprint density at radius 3 is 3.00 bits per heavy atom. The molecule has 2 rings (SSSR count). The Hall–Kier alpha value is -1.42. The highest BCUT2D eigenvalue weighted by atomic mass is 32.1. The van der Waals surface area contributed by atoms with E-state index in [0.29, 0.717) is 12.1 Å². The minimum atomic E-state index is -0.177. The van der Waals surface area contributed by atoms with Gasteiger partial charge in [-0.15, -0.1) is 11.3 Å². The molecule has 2 aromatic rings. The first-order chi connectivity index (χ1) is 7.25. The van der Waals surface area contributed by atoms with E-state index in [2.05, 4.69) is 10.3 Å². The Morgan fingerprint density at radius 2 is 2.33 bits per heavy atom. The van der Waals surface area contributed by atoms with Gasteiger partial charge in [-0.3, -0.25) is 4.98 Å². The molecule has 0 amide bonds. The van der Waals surface area contributed by atoms with Crippen LogP contribution in [0.2, 0.25) is 0 Å². The molecule has 0 radical (unpaired) electrons. The first-order valence-electron chi connectivity index (χ1n) is 4.63. The Balaban J connectivity index is 2.02. The van der Waals surface area contributed by atoms with E-state index >= 15 is 0 Å². The largest absolute Gasteiger partial charge is 0.380 e. The normalized spacial score (nSPS) is 10.3. The van der Waals surface area contributed by atoms with Crippen LogP contribution in [0.3, 0.4) is 0 Å². The number of rotatable bonds is 3. The smallest absolute Gasteiger partial charge is 0.128 e. The fourth-order valence-electron chi connectivity index (χ4n) is 1.22. The van der Waals surface area contributed by atoms with Crippen LogP contribution in [0.15, 0.2) is 29.9 Å². The van der Waals surface area contributed by atoms with Crippen LogP contribution in [0.1, 0.15) is 10.4 Å². The van der Waals surface area contributed by atoms with E-state index in [0.717, 1.165) is 10.6 Å². The Bertz CT molecular complexity index is 440. The van der Waals surface area contributed by atoms with Crippen LogP contribution < -0.4 is 5.32 Å².